The number of hydrogen-bond donors (Lipinski definition) is 2. The van der Waals surface area contributed by atoms with Gasteiger partial charge in [0.2, 0.25) is 0 Å². The van der Waals surface area contributed by atoms with Gasteiger partial charge in [0.15, 0.2) is 0 Å². The Bertz CT molecular complexity index is 646. The lowest BCUT2D eigenvalue weighted by atomic mass is 9.99. The number of benzene rings is 2. The predicted octanol–water partition coefficient (Wildman–Crippen LogP) is 2.87. The van der Waals surface area contributed by atoms with Crippen molar-refractivity contribution in [3.63, 3.8) is 0 Å². The van der Waals surface area contributed by atoms with Crippen LogP contribution in [0.2, 0.25) is 0 Å². The molecule has 2 N–H and O–H groups in total. The molecule has 0 unspecified atom stereocenters. The van der Waals surface area contributed by atoms with Crippen molar-refractivity contribution in [2.24, 2.45) is 0 Å². The zero-order chi connectivity index (χ0) is 14.5. The molecule has 2 rings (SSSR count). The summed E-state index contributed by atoms with van der Waals surface area (Å²) in [6, 6.07) is 13.5. The van der Waals surface area contributed by atoms with Crippen molar-refractivity contribution in [3.8, 4) is 0 Å². The van der Waals surface area contributed by atoms with Crippen molar-refractivity contribution in [1.29, 1.82) is 0 Å². The lowest BCUT2D eigenvalue weighted by Crippen LogP contribution is -2.04. The van der Waals surface area contributed by atoms with Gasteiger partial charge in [-0.15, -0.1) is 0 Å². The highest BCUT2D eigenvalue weighted by atomic mass is 16.4. The molecule has 0 atom stereocenters. The fourth-order valence-corrected chi connectivity index (χ4v) is 2.09. The zero-order valence-electron chi connectivity index (χ0n) is 10.7. The first-order valence-corrected chi connectivity index (χ1v) is 6.21. The maximum absolute atomic E-state index is 11.1. The minimum atomic E-state index is -0.960. The van der Waals surface area contributed by atoms with E-state index in [2.05, 4.69) is 0 Å². The van der Waals surface area contributed by atoms with E-state index in [1.54, 1.807) is 36.4 Å². The van der Waals surface area contributed by atoms with E-state index in [1.165, 1.54) is 6.07 Å². The molecule has 0 aliphatic carbocycles. The third kappa shape index (κ3) is 3.23. The Morgan fingerprint density at radius 2 is 1.60 bits per heavy atom. The van der Waals surface area contributed by atoms with Gasteiger partial charge in [-0.3, -0.25) is 0 Å². The SMILES string of the molecule is O=C(O)c1cccc(CCc2ccccc2C(=O)O)c1. The molecule has 0 heterocycles. The maximum atomic E-state index is 11.1. The van der Waals surface area contributed by atoms with E-state index >= 15 is 0 Å². The van der Waals surface area contributed by atoms with Gasteiger partial charge in [-0.05, 0) is 42.2 Å². The van der Waals surface area contributed by atoms with Crippen LogP contribution in [-0.2, 0) is 12.8 Å². The summed E-state index contributed by atoms with van der Waals surface area (Å²) < 4.78 is 0. The highest BCUT2D eigenvalue weighted by Crippen LogP contribution is 2.14. The monoisotopic (exact) mass is 270 g/mol. The zero-order valence-corrected chi connectivity index (χ0v) is 10.7. The number of hydrogen-bond acceptors (Lipinski definition) is 2. The summed E-state index contributed by atoms with van der Waals surface area (Å²) in [4.78, 5) is 22.0. The van der Waals surface area contributed by atoms with E-state index in [0.717, 1.165) is 11.1 Å². The molecular formula is C16H14O4. The van der Waals surface area contributed by atoms with Crippen molar-refractivity contribution in [2.45, 2.75) is 12.8 Å². The standard InChI is InChI=1S/C16H14O4/c17-15(18)13-6-3-4-11(10-13)8-9-12-5-1-2-7-14(12)16(19)20/h1-7,10H,8-9H2,(H,17,18)(H,19,20). The maximum Gasteiger partial charge on any atom is 0.335 e. The van der Waals surface area contributed by atoms with Crippen molar-refractivity contribution < 1.29 is 19.8 Å². The van der Waals surface area contributed by atoms with Crippen LogP contribution in [0.25, 0.3) is 0 Å². The van der Waals surface area contributed by atoms with E-state index in [1.807, 2.05) is 6.07 Å². The lowest BCUT2D eigenvalue weighted by Gasteiger charge is -2.06. The summed E-state index contributed by atoms with van der Waals surface area (Å²) in [6.07, 6.45) is 1.16. The molecule has 0 saturated heterocycles. The van der Waals surface area contributed by atoms with Crippen LogP contribution in [0.15, 0.2) is 48.5 Å². The minimum absolute atomic E-state index is 0.244. The topological polar surface area (TPSA) is 74.6 Å². The molecule has 0 fully saturated rings. The van der Waals surface area contributed by atoms with Crippen LogP contribution in [0.3, 0.4) is 0 Å². The molecule has 0 spiro atoms. The molecule has 0 aliphatic rings. The summed E-state index contributed by atoms with van der Waals surface area (Å²) >= 11 is 0. The third-order valence-corrected chi connectivity index (χ3v) is 3.10. The Hall–Kier alpha value is -2.62. The largest absolute Gasteiger partial charge is 0.478 e. The molecule has 4 nitrogen and oxygen atoms in total. The Morgan fingerprint density at radius 3 is 2.30 bits per heavy atom. The van der Waals surface area contributed by atoms with E-state index < -0.39 is 11.9 Å². The molecule has 4 heteroatoms. The van der Waals surface area contributed by atoms with Gasteiger partial charge < -0.3 is 10.2 Å². The van der Waals surface area contributed by atoms with Crippen molar-refractivity contribution >= 4 is 11.9 Å². The average Bonchev–Trinajstić information content (AvgIpc) is 2.45. The second-order valence-electron chi connectivity index (χ2n) is 4.47. The van der Waals surface area contributed by atoms with Crippen LogP contribution in [0.4, 0.5) is 0 Å². The van der Waals surface area contributed by atoms with E-state index in [4.69, 9.17) is 10.2 Å². The van der Waals surface area contributed by atoms with Crippen LogP contribution in [0.5, 0.6) is 0 Å². The second-order valence-corrected chi connectivity index (χ2v) is 4.47. The molecule has 2 aromatic carbocycles. The number of rotatable bonds is 5. The smallest absolute Gasteiger partial charge is 0.335 e. The number of carboxylic acid groups (broad SMARTS) is 2. The summed E-state index contributed by atoms with van der Waals surface area (Å²) in [6.45, 7) is 0. The molecule has 20 heavy (non-hydrogen) atoms. The Morgan fingerprint density at radius 1 is 0.850 bits per heavy atom. The molecule has 2 aromatic rings. The first-order chi connectivity index (χ1) is 9.58. The normalized spacial score (nSPS) is 10.2. The molecule has 0 bridgehead atoms. The molecule has 0 amide bonds. The number of aryl methyl sites for hydroxylation is 2. The fourth-order valence-electron chi connectivity index (χ4n) is 2.09. The van der Waals surface area contributed by atoms with E-state index in [0.29, 0.717) is 18.4 Å². The summed E-state index contributed by atoms with van der Waals surface area (Å²) in [5.41, 5.74) is 2.17. The van der Waals surface area contributed by atoms with E-state index in [9.17, 15) is 9.59 Å². The van der Waals surface area contributed by atoms with Gasteiger partial charge >= 0.3 is 11.9 Å². The first kappa shape index (κ1) is 13.8. The highest BCUT2D eigenvalue weighted by Gasteiger charge is 2.09. The molecule has 102 valence electrons. The molecule has 0 aromatic heterocycles. The number of carbonyl (C=O) groups is 2. The van der Waals surface area contributed by atoms with Crippen molar-refractivity contribution in [3.05, 3.63) is 70.8 Å². The molecular weight excluding hydrogens is 256 g/mol. The number of carboxylic acids is 2. The van der Waals surface area contributed by atoms with Crippen LogP contribution < -0.4 is 0 Å². The molecule has 0 saturated carbocycles. The van der Waals surface area contributed by atoms with Crippen LogP contribution in [-0.4, -0.2) is 22.2 Å². The quantitative estimate of drug-likeness (QED) is 0.876. The Balaban J connectivity index is 2.15. The van der Waals surface area contributed by atoms with Crippen LogP contribution in [0.1, 0.15) is 31.8 Å². The first-order valence-electron chi connectivity index (χ1n) is 6.21. The third-order valence-electron chi connectivity index (χ3n) is 3.10. The van der Waals surface area contributed by atoms with Crippen molar-refractivity contribution in [1.82, 2.24) is 0 Å². The van der Waals surface area contributed by atoms with Gasteiger partial charge in [-0.1, -0.05) is 30.3 Å². The fraction of sp³-hybridized carbons (Fsp3) is 0.125. The highest BCUT2D eigenvalue weighted by molar-refractivity contribution is 5.89. The van der Waals surface area contributed by atoms with Gasteiger partial charge in [0.1, 0.15) is 0 Å². The van der Waals surface area contributed by atoms with Crippen LogP contribution >= 0.6 is 0 Å². The Kier molecular flexibility index (Phi) is 4.15. The van der Waals surface area contributed by atoms with E-state index in [-0.39, 0.29) is 5.56 Å². The number of aromatic carboxylic acids is 2. The predicted molar refractivity (Wildman–Crippen MR) is 74.2 cm³/mol. The summed E-state index contributed by atoms with van der Waals surface area (Å²) in [5.74, 6) is -1.90. The van der Waals surface area contributed by atoms with Gasteiger partial charge in [0.25, 0.3) is 0 Å². The summed E-state index contributed by atoms with van der Waals surface area (Å²) in [7, 11) is 0. The van der Waals surface area contributed by atoms with Crippen LogP contribution in [0, 0.1) is 0 Å². The summed E-state index contributed by atoms with van der Waals surface area (Å²) in [5, 5.41) is 18.0. The average molecular weight is 270 g/mol. The Labute approximate surface area is 116 Å². The minimum Gasteiger partial charge on any atom is -0.478 e. The van der Waals surface area contributed by atoms with Gasteiger partial charge in [-0.2, -0.15) is 0 Å². The van der Waals surface area contributed by atoms with Gasteiger partial charge in [0, 0.05) is 0 Å². The molecule has 0 aliphatic heterocycles. The van der Waals surface area contributed by atoms with Crippen molar-refractivity contribution in [2.75, 3.05) is 0 Å². The van der Waals surface area contributed by atoms with Gasteiger partial charge in [0.05, 0.1) is 11.1 Å². The lowest BCUT2D eigenvalue weighted by molar-refractivity contribution is 0.0685. The van der Waals surface area contributed by atoms with Gasteiger partial charge in [-0.25, -0.2) is 9.59 Å². The molecule has 0 radical (unpaired) electrons. The second kappa shape index (κ2) is 6.02.